The highest BCUT2D eigenvalue weighted by atomic mass is 16.3. The van der Waals surface area contributed by atoms with Gasteiger partial charge in [-0.05, 0) is 13.3 Å². The van der Waals surface area contributed by atoms with Gasteiger partial charge in [-0.2, -0.15) is 0 Å². The summed E-state index contributed by atoms with van der Waals surface area (Å²) in [6, 6.07) is -0.505. The molecule has 0 aromatic heterocycles. The quantitative estimate of drug-likeness (QED) is 0.480. The van der Waals surface area contributed by atoms with Gasteiger partial charge in [0.1, 0.15) is 6.29 Å². The topological polar surface area (TPSA) is 63.3 Å². The van der Waals surface area contributed by atoms with E-state index in [4.69, 9.17) is 10.8 Å². The van der Waals surface area contributed by atoms with Gasteiger partial charge in [0, 0.05) is 0 Å². The molecule has 2 atom stereocenters. The number of aldehydes is 1. The first-order valence-corrected chi connectivity index (χ1v) is 2.55. The lowest BCUT2D eigenvalue weighted by Gasteiger charge is -2.04. The predicted molar refractivity (Wildman–Crippen MR) is 30.3 cm³/mol. The normalized spacial score (nSPS) is 17.4. The fourth-order valence-electron chi connectivity index (χ4n) is 0.449. The lowest BCUT2D eigenvalue weighted by molar-refractivity contribution is -0.109. The number of aliphatic hydroxyl groups excluding tert-OH is 1. The highest BCUT2D eigenvalue weighted by molar-refractivity contribution is 5.56. The molecule has 0 aromatic carbocycles. The zero-order chi connectivity index (χ0) is 6.57. The number of rotatable bonds is 3. The molecule has 3 nitrogen and oxygen atoms in total. The molecule has 0 aliphatic rings. The van der Waals surface area contributed by atoms with Crippen LogP contribution in [0.4, 0.5) is 0 Å². The number of aliphatic hydroxyl groups is 1. The zero-order valence-corrected chi connectivity index (χ0v) is 4.87. The second-order valence-corrected chi connectivity index (χ2v) is 1.88. The molecule has 0 saturated carbocycles. The minimum atomic E-state index is -0.505. The van der Waals surface area contributed by atoms with E-state index in [0.29, 0.717) is 12.7 Å². The Bertz CT molecular complexity index is 72.8. The van der Waals surface area contributed by atoms with E-state index in [1.165, 1.54) is 0 Å². The van der Waals surface area contributed by atoms with E-state index >= 15 is 0 Å². The standard InChI is InChI=1S/C5H11NO2/c1-4(8)2-5(6)3-7/h3-5,8H,2,6H2,1H3/t4-,5+/m1/s1. The van der Waals surface area contributed by atoms with Crippen molar-refractivity contribution in [3.8, 4) is 0 Å². The van der Waals surface area contributed by atoms with Crippen LogP contribution in [0.3, 0.4) is 0 Å². The van der Waals surface area contributed by atoms with Gasteiger partial charge in [0.25, 0.3) is 0 Å². The smallest absolute Gasteiger partial charge is 0.136 e. The highest BCUT2D eigenvalue weighted by Crippen LogP contribution is 1.90. The Kier molecular flexibility index (Phi) is 3.39. The molecular weight excluding hydrogens is 106 g/mol. The summed E-state index contributed by atoms with van der Waals surface area (Å²) in [4.78, 5) is 9.80. The Balaban J connectivity index is 3.23. The molecule has 0 rings (SSSR count). The number of carbonyl (C=O) groups is 1. The third-order valence-electron chi connectivity index (χ3n) is 0.788. The molecule has 8 heavy (non-hydrogen) atoms. The third-order valence-corrected chi connectivity index (χ3v) is 0.788. The zero-order valence-electron chi connectivity index (χ0n) is 4.87. The second-order valence-electron chi connectivity index (χ2n) is 1.88. The Morgan fingerprint density at radius 3 is 2.50 bits per heavy atom. The van der Waals surface area contributed by atoms with Gasteiger partial charge >= 0.3 is 0 Å². The fraction of sp³-hybridized carbons (Fsp3) is 0.800. The summed E-state index contributed by atoms with van der Waals surface area (Å²) in [5, 5.41) is 8.62. The van der Waals surface area contributed by atoms with Gasteiger partial charge in [-0.15, -0.1) is 0 Å². The summed E-state index contributed by atoms with van der Waals surface area (Å²) in [6.07, 6.45) is 0.506. The minimum Gasteiger partial charge on any atom is -0.393 e. The maximum atomic E-state index is 9.80. The van der Waals surface area contributed by atoms with Crippen LogP contribution in [0.5, 0.6) is 0 Å². The van der Waals surface area contributed by atoms with Crippen molar-refractivity contribution in [1.29, 1.82) is 0 Å². The summed E-state index contributed by atoms with van der Waals surface area (Å²) in [5.41, 5.74) is 5.15. The average Bonchev–Trinajstić information content (AvgIpc) is 1.65. The largest absolute Gasteiger partial charge is 0.393 e. The second kappa shape index (κ2) is 3.57. The number of nitrogens with two attached hydrogens (primary N) is 1. The van der Waals surface area contributed by atoms with Crippen molar-refractivity contribution < 1.29 is 9.90 Å². The van der Waals surface area contributed by atoms with E-state index in [-0.39, 0.29) is 0 Å². The number of hydrogen-bond acceptors (Lipinski definition) is 3. The van der Waals surface area contributed by atoms with Crippen molar-refractivity contribution in [2.24, 2.45) is 5.73 Å². The minimum absolute atomic E-state index is 0.351. The molecule has 0 amide bonds. The Morgan fingerprint density at radius 2 is 2.38 bits per heavy atom. The van der Waals surface area contributed by atoms with Crippen LogP contribution in [0.15, 0.2) is 0 Å². The van der Waals surface area contributed by atoms with Crippen molar-refractivity contribution in [3.05, 3.63) is 0 Å². The summed E-state index contributed by atoms with van der Waals surface area (Å²) in [6.45, 7) is 1.60. The van der Waals surface area contributed by atoms with Crippen LogP contribution < -0.4 is 5.73 Å². The van der Waals surface area contributed by atoms with Gasteiger partial charge in [-0.25, -0.2) is 0 Å². The molecule has 0 fully saturated rings. The van der Waals surface area contributed by atoms with Crippen LogP contribution in [-0.2, 0) is 4.79 Å². The van der Waals surface area contributed by atoms with Crippen LogP contribution in [-0.4, -0.2) is 23.5 Å². The van der Waals surface area contributed by atoms with Crippen molar-refractivity contribution in [1.82, 2.24) is 0 Å². The Morgan fingerprint density at radius 1 is 1.88 bits per heavy atom. The summed E-state index contributed by atoms with van der Waals surface area (Å²) in [5.74, 6) is 0. The molecule has 0 heterocycles. The molecule has 0 aliphatic carbocycles. The van der Waals surface area contributed by atoms with Crippen molar-refractivity contribution in [3.63, 3.8) is 0 Å². The predicted octanol–water partition coefficient (Wildman–Crippen LogP) is -0.717. The van der Waals surface area contributed by atoms with Gasteiger partial charge in [-0.1, -0.05) is 0 Å². The summed E-state index contributed by atoms with van der Waals surface area (Å²) < 4.78 is 0. The molecule has 0 aromatic rings. The van der Waals surface area contributed by atoms with Crippen molar-refractivity contribution >= 4 is 6.29 Å². The molecule has 0 saturated heterocycles. The highest BCUT2D eigenvalue weighted by Gasteiger charge is 2.02. The van der Waals surface area contributed by atoms with Gasteiger partial charge < -0.3 is 15.6 Å². The Labute approximate surface area is 48.5 Å². The first-order chi connectivity index (χ1) is 3.66. The van der Waals surface area contributed by atoms with Gasteiger partial charge in [0.15, 0.2) is 0 Å². The lowest BCUT2D eigenvalue weighted by atomic mass is 10.2. The van der Waals surface area contributed by atoms with Crippen LogP contribution in [0.25, 0.3) is 0 Å². The van der Waals surface area contributed by atoms with E-state index in [9.17, 15) is 4.79 Å². The van der Waals surface area contributed by atoms with Crippen LogP contribution in [0, 0.1) is 0 Å². The molecule has 0 aliphatic heterocycles. The molecular formula is C5H11NO2. The van der Waals surface area contributed by atoms with Crippen LogP contribution in [0.2, 0.25) is 0 Å². The molecule has 0 bridgehead atoms. The van der Waals surface area contributed by atoms with E-state index in [1.54, 1.807) is 6.92 Å². The van der Waals surface area contributed by atoms with Gasteiger partial charge in [-0.3, -0.25) is 0 Å². The molecule has 0 radical (unpaired) electrons. The summed E-state index contributed by atoms with van der Waals surface area (Å²) >= 11 is 0. The monoisotopic (exact) mass is 117 g/mol. The van der Waals surface area contributed by atoms with E-state index < -0.39 is 12.1 Å². The fourth-order valence-corrected chi connectivity index (χ4v) is 0.449. The number of hydrogen-bond donors (Lipinski definition) is 2. The number of carbonyl (C=O) groups excluding carboxylic acids is 1. The summed E-state index contributed by atoms with van der Waals surface area (Å²) in [7, 11) is 0. The van der Waals surface area contributed by atoms with Gasteiger partial charge in [0.2, 0.25) is 0 Å². The molecule has 48 valence electrons. The maximum Gasteiger partial charge on any atom is 0.136 e. The molecule has 0 spiro atoms. The van der Waals surface area contributed by atoms with Crippen molar-refractivity contribution in [2.45, 2.75) is 25.5 Å². The van der Waals surface area contributed by atoms with Gasteiger partial charge in [0.05, 0.1) is 12.1 Å². The maximum absolute atomic E-state index is 9.80. The Hall–Kier alpha value is -0.410. The molecule has 0 unspecified atom stereocenters. The van der Waals surface area contributed by atoms with E-state index in [1.807, 2.05) is 0 Å². The SMILES string of the molecule is C[C@@H](O)C[C@H](N)C=O. The first kappa shape index (κ1) is 7.59. The third kappa shape index (κ3) is 3.77. The molecule has 3 heteroatoms. The van der Waals surface area contributed by atoms with Crippen LogP contribution in [0.1, 0.15) is 13.3 Å². The average molecular weight is 117 g/mol. The lowest BCUT2D eigenvalue weighted by Crippen LogP contribution is -2.25. The van der Waals surface area contributed by atoms with Crippen molar-refractivity contribution in [2.75, 3.05) is 0 Å². The van der Waals surface area contributed by atoms with E-state index in [0.717, 1.165) is 0 Å². The first-order valence-electron chi connectivity index (χ1n) is 2.55. The van der Waals surface area contributed by atoms with E-state index in [2.05, 4.69) is 0 Å². The van der Waals surface area contributed by atoms with Crippen LogP contribution >= 0.6 is 0 Å². The molecule has 3 N–H and O–H groups in total.